The molecular weight excluding hydrogens is 334 g/mol. The largest absolute Gasteiger partial charge is 0.462 e. The molecule has 0 fully saturated rings. The van der Waals surface area contributed by atoms with E-state index in [2.05, 4.69) is 4.98 Å². The molecule has 0 N–H and O–H groups in total. The number of pyridine rings is 1. The van der Waals surface area contributed by atoms with Crippen LogP contribution in [0.1, 0.15) is 32.2 Å². The number of nitrogens with zero attached hydrogens (tertiary/aromatic N) is 1. The highest BCUT2D eigenvalue weighted by Gasteiger charge is 2.28. The molecule has 0 spiro atoms. The molecule has 1 aromatic carbocycles. The highest BCUT2D eigenvalue weighted by Crippen LogP contribution is 2.35. The standard InChI is InChI=1S/C20H13NO5/c1-12-2-3-14(24-12)11-18-19(22)16-5-4-15(10-17(16)26-18)25-20(23)13-6-8-21-9-7-13/h2-11H,1H3/b18-11-. The minimum absolute atomic E-state index is 0.159. The second-order valence-corrected chi connectivity index (χ2v) is 5.67. The van der Waals surface area contributed by atoms with Crippen molar-refractivity contribution in [3.63, 3.8) is 0 Å². The fourth-order valence-corrected chi connectivity index (χ4v) is 2.54. The molecule has 1 aliphatic rings. The van der Waals surface area contributed by atoms with Crippen molar-refractivity contribution >= 4 is 17.8 Å². The molecule has 2 aromatic heterocycles. The summed E-state index contributed by atoms with van der Waals surface area (Å²) in [6.45, 7) is 1.82. The number of ketones is 1. The van der Waals surface area contributed by atoms with Crippen molar-refractivity contribution < 1.29 is 23.5 Å². The number of carbonyl (C=O) groups is 2. The SMILES string of the molecule is Cc1ccc(/C=C2\Oc3cc(OC(=O)c4ccncc4)ccc3C2=O)o1. The van der Waals surface area contributed by atoms with Crippen LogP contribution in [0.3, 0.4) is 0 Å². The normalized spacial score (nSPS) is 14.2. The monoisotopic (exact) mass is 347 g/mol. The van der Waals surface area contributed by atoms with Crippen LogP contribution in [0.4, 0.5) is 0 Å². The molecule has 0 radical (unpaired) electrons. The first-order chi connectivity index (χ1) is 12.6. The van der Waals surface area contributed by atoms with Gasteiger partial charge in [0.2, 0.25) is 5.78 Å². The maximum absolute atomic E-state index is 12.4. The Morgan fingerprint density at radius 2 is 1.92 bits per heavy atom. The first kappa shape index (κ1) is 15.8. The molecule has 26 heavy (non-hydrogen) atoms. The third-order valence-electron chi connectivity index (χ3n) is 3.80. The quantitative estimate of drug-likeness (QED) is 0.407. The number of aromatic nitrogens is 1. The van der Waals surface area contributed by atoms with Crippen molar-refractivity contribution in [1.82, 2.24) is 4.98 Å². The number of aryl methyl sites for hydroxylation is 1. The predicted molar refractivity (Wildman–Crippen MR) is 92.0 cm³/mol. The lowest BCUT2D eigenvalue weighted by molar-refractivity contribution is 0.0734. The van der Waals surface area contributed by atoms with E-state index >= 15 is 0 Å². The number of Topliss-reactive ketones (excluding diaryl/α,β-unsaturated/α-hetero) is 1. The molecular formula is C20H13NO5. The molecule has 0 aliphatic carbocycles. The van der Waals surface area contributed by atoms with Gasteiger partial charge < -0.3 is 13.9 Å². The number of hydrogen-bond acceptors (Lipinski definition) is 6. The first-order valence-corrected chi connectivity index (χ1v) is 7.87. The minimum Gasteiger partial charge on any atom is -0.462 e. The Morgan fingerprint density at radius 3 is 2.65 bits per heavy atom. The maximum atomic E-state index is 12.4. The van der Waals surface area contributed by atoms with Gasteiger partial charge in [-0.25, -0.2) is 4.79 Å². The van der Waals surface area contributed by atoms with Gasteiger partial charge in [-0.15, -0.1) is 0 Å². The van der Waals surface area contributed by atoms with Crippen LogP contribution in [0.2, 0.25) is 0 Å². The summed E-state index contributed by atoms with van der Waals surface area (Å²) in [5.41, 5.74) is 0.787. The summed E-state index contributed by atoms with van der Waals surface area (Å²) < 4.78 is 16.4. The molecule has 0 atom stereocenters. The molecule has 0 saturated carbocycles. The maximum Gasteiger partial charge on any atom is 0.343 e. The van der Waals surface area contributed by atoms with Crippen LogP contribution in [-0.4, -0.2) is 16.7 Å². The number of furan rings is 1. The molecule has 6 heteroatoms. The number of esters is 1. The van der Waals surface area contributed by atoms with Crippen LogP contribution in [0.25, 0.3) is 6.08 Å². The smallest absolute Gasteiger partial charge is 0.343 e. The van der Waals surface area contributed by atoms with Crippen LogP contribution in [0.5, 0.6) is 11.5 Å². The van der Waals surface area contributed by atoms with Gasteiger partial charge in [-0.3, -0.25) is 9.78 Å². The van der Waals surface area contributed by atoms with E-state index in [9.17, 15) is 9.59 Å². The molecule has 6 nitrogen and oxygen atoms in total. The molecule has 0 amide bonds. The van der Waals surface area contributed by atoms with E-state index in [1.807, 2.05) is 6.92 Å². The van der Waals surface area contributed by atoms with E-state index in [1.165, 1.54) is 24.5 Å². The van der Waals surface area contributed by atoms with Gasteiger partial charge in [0, 0.05) is 24.5 Å². The Morgan fingerprint density at radius 1 is 1.12 bits per heavy atom. The molecule has 3 aromatic rings. The molecule has 0 saturated heterocycles. The minimum atomic E-state index is -0.515. The highest BCUT2D eigenvalue weighted by molar-refractivity contribution is 6.14. The zero-order chi connectivity index (χ0) is 18.1. The number of fused-ring (bicyclic) bond motifs is 1. The zero-order valence-electron chi connectivity index (χ0n) is 13.8. The molecule has 128 valence electrons. The van der Waals surface area contributed by atoms with Crippen molar-refractivity contribution in [2.24, 2.45) is 0 Å². The van der Waals surface area contributed by atoms with Gasteiger partial charge in [0.05, 0.1) is 11.1 Å². The molecule has 0 unspecified atom stereocenters. The number of allylic oxidation sites excluding steroid dienone is 1. The average Bonchev–Trinajstić information content (AvgIpc) is 3.19. The Hall–Kier alpha value is -3.67. The van der Waals surface area contributed by atoms with E-state index < -0.39 is 5.97 Å². The van der Waals surface area contributed by atoms with E-state index in [1.54, 1.807) is 36.4 Å². The lowest BCUT2D eigenvalue weighted by Gasteiger charge is -2.05. The van der Waals surface area contributed by atoms with Crippen molar-refractivity contribution in [2.45, 2.75) is 6.92 Å². The fraction of sp³-hybridized carbons (Fsp3) is 0.0500. The number of carbonyl (C=O) groups excluding carboxylic acids is 2. The summed E-state index contributed by atoms with van der Waals surface area (Å²) >= 11 is 0. The summed E-state index contributed by atoms with van der Waals surface area (Å²) in [6.07, 6.45) is 4.56. The predicted octanol–water partition coefficient (Wildman–Crippen LogP) is 3.82. The number of hydrogen-bond donors (Lipinski definition) is 0. The topological polar surface area (TPSA) is 78.6 Å². The van der Waals surface area contributed by atoms with Crippen LogP contribution < -0.4 is 9.47 Å². The van der Waals surface area contributed by atoms with E-state index in [0.29, 0.717) is 22.6 Å². The van der Waals surface area contributed by atoms with Gasteiger partial charge in [0.25, 0.3) is 0 Å². The molecule has 4 rings (SSSR count). The van der Waals surface area contributed by atoms with Gasteiger partial charge in [-0.2, -0.15) is 0 Å². The first-order valence-electron chi connectivity index (χ1n) is 7.87. The second kappa shape index (κ2) is 6.33. The van der Waals surface area contributed by atoms with Crippen molar-refractivity contribution in [1.29, 1.82) is 0 Å². The van der Waals surface area contributed by atoms with Crippen molar-refractivity contribution in [3.05, 3.63) is 83.3 Å². The number of rotatable bonds is 3. The molecule has 1 aliphatic heterocycles. The van der Waals surface area contributed by atoms with Gasteiger partial charge in [-0.1, -0.05) is 0 Å². The fourth-order valence-electron chi connectivity index (χ4n) is 2.54. The van der Waals surface area contributed by atoms with Crippen LogP contribution >= 0.6 is 0 Å². The van der Waals surface area contributed by atoms with Gasteiger partial charge in [0.15, 0.2) is 5.76 Å². The summed E-state index contributed by atoms with van der Waals surface area (Å²) in [6, 6.07) is 11.3. The van der Waals surface area contributed by atoms with Crippen molar-refractivity contribution in [3.8, 4) is 11.5 Å². The van der Waals surface area contributed by atoms with Crippen molar-refractivity contribution in [2.75, 3.05) is 0 Å². The lowest BCUT2D eigenvalue weighted by atomic mass is 10.1. The third kappa shape index (κ3) is 3.00. The van der Waals surface area contributed by atoms with Gasteiger partial charge >= 0.3 is 5.97 Å². The third-order valence-corrected chi connectivity index (χ3v) is 3.80. The Balaban J connectivity index is 1.56. The summed E-state index contributed by atoms with van der Waals surface area (Å²) in [7, 11) is 0. The Labute approximate surface area is 148 Å². The highest BCUT2D eigenvalue weighted by atomic mass is 16.5. The Kier molecular flexibility index (Phi) is 3.85. The molecule has 3 heterocycles. The Bertz CT molecular complexity index is 1030. The van der Waals surface area contributed by atoms with E-state index in [4.69, 9.17) is 13.9 Å². The van der Waals surface area contributed by atoms with Gasteiger partial charge in [0.1, 0.15) is 23.0 Å². The molecule has 0 bridgehead atoms. The van der Waals surface area contributed by atoms with Crippen LogP contribution in [-0.2, 0) is 0 Å². The second-order valence-electron chi connectivity index (χ2n) is 5.67. The van der Waals surface area contributed by atoms with E-state index in [0.717, 1.165) is 5.76 Å². The summed E-state index contributed by atoms with van der Waals surface area (Å²) in [5, 5.41) is 0. The van der Waals surface area contributed by atoms with Crippen LogP contribution in [0.15, 0.2) is 65.0 Å². The zero-order valence-corrected chi connectivity index (χ0v) is 13.8. The average molecular weight is 347 g/mol. The summed E-state index contributed by atoms with van der Waals surface area (Å²) in [5.74, 6) is 1.29. The number of ether oxygens (including phenoxy) is 2. The van der Waals surface area contributed by atoms with Crippen LogP contribution in [0, 0.1) is 6.92 Å². The summed E-state index contributed by atoms with van der Waals surface area (Å²) in [4.78, 5) is 28.4. The van der Waals surface area contributed by atoms with Gasteiger partial charge in [-0.05, 0) is 43.3 Å². The van der Waals surface area contributed by atoms with E-state index in [-0.39, 0.29) is 17.3 Å². The number of benzene rings is 1. The lowest BCUT2D eigenvalue weighted by Crippen LogP contribution is -2.08.